The Bertz CT molecular complexity index is 583. The molecule has 2 aliphatic heterocycles. The summed E-state index contributed by atoms with van der Waals surface area (Å²) in [5.41, 5.74) is 1.04. The van der Waals surface area contributed by atoms with Crippen LogP contribution in [0, 0.1) is 11.8 Å². The number of nitrogens with zero attached hydrogens (tertiary/aromatic N) is 2. The molecule has 1 saturated heterocycles. The molecular weight excluding hydrogens is 324 g/mol. The van der Waals surface area contributed by atoms with Crippen LogP contribution >= 0.6 is 11.6 Å². The van der Waals surface area contributed by atoms with Crippen LogP contribution in [0.1, 0.15) is 25.8 Å². The van der Waals surface area contributed by atoms with E-state index in [9.17, 15) is 4.79 Å². The van der Waals surface area contributed by atoms with E-state index in [2.05, 4.69) is 18.7 Å². The lowest BCUT2D eigenvalue weighted by Crippen LogP contribution is -2.51. The van der Waals surface area contributed by atoms with Crippen LogP contribution in [0.5, 0.6) is 5.75 Å². The second-order valence-corrected chi connectivity index (χ2v) is 7.75. The zero-order valence-corrected chi connectivity index (χ0v) is 15.4. The number of piperazine rings is 1. The van der Waals surface area contributed by atoms with Gasteiger partial charge >= 0.3 is 0 Å². The highest BCUT2D eigenvalue weighted by Gasteiger charge is 2.31. The third-order valence-corrected chi connectivity index (χ3v) is 5.22. The number of carbonyl (C=O) groups excluding carboxylic acids is 1. The van der Waals surface area contributed by atoms with E-state index in [1.807, 2.05) is 23.1 Å². The van der Waals surface area contributed by atoms with E-state index < -0.39 is 0 Å². The first kappa shape index (κ1) is 17.6. The summed E-state index contributed by atoms with van der Waals surface area (Å²) >= 11 is 6.06. The molecule has 1 unspecified atom stereocenters. The molecule has 1 atom stereocenters. The molecule has 0 radical (unpaired) electrons. The van der Waals surface area contributed by atoms with Crippen LogP contribution in [0.3, 0.4) is 0 Å². The Balaban J connectivity index is 1.53. The van der Waals surface area contributed by atoms with Crippen LogP contribution in [0.25, 0.3) is 0 Å². The first-order valence-electron chi connectivity index (χ1n) is 8.95. The molecule has 1 aromatic rings. The highest BCUT2D eigenvalue weighted by atomic mass is 35.5. The summed E-state index contributed by atoms with van der Waals surface area (Å²) in [7, 11) is 0. The first-order valence-corrected chi connectivity index (χ1v) is 9.33. The fourth-order valence-electron chi connectivity index (χ4n) is 3.41. The molecule has 1 fully saturated rings. The molecule has 0 aliphatic carbocycles. The number of rotatable bonds is 4. The molecule has 0 aromatic heterocycles. The van der Waals surface area contributed by atoms with Crippen molar-refractivity contribution < 1.29 is 9.53 Å². The molecule has 0 bridgehead atoms. The summed E-state index contributed by atoms with van der Waals surface area (Å²) in [5, 5.41) is 0.698. The number of halogens is 1. The molecule has 132 valence electrons. The van der Waals surface area contributed by atoms with Crippen molar-refractivity contribution in [1.29, 1.82) is 0 Å². The molecule has 4 nitrogen and oxygen atoms in total. The highest BCUT2D eigenvalue weighted by molar-refractivity contribution is 6.30. The Morgan fingerprint density at radius 2 is 2.04 bits per heavy atom. The molecule has 0 N–H and O–H groups in total. The molecule has 3 rings (SSSR count). The van der Waals surface area contributed by atoms with Crippen LogP contribution in [0.15, 0.2) is 18.2 Å². The molecule has 0 saturated carbocycles. The van der Waals surface area contributed by atoms with Gasteiger partial charge in [0.05, 0.1) is 5.92 Å². The van der Waals surface area contributed by atoms with Gasteiger partial charge in [-0.3, -0.25) is 9.69 Å². The van der Waals surface area contributed by atoms with Gasteiger partial charge in [0.1, 0.15) is 12.4 Å². The molecule has 0 spiro atoms. The number of fused-ring (bicyclic) bond motifs is 1. The minimum atomic E-state index is -0.0850. The van der Waals surface area contributed by atoms with Gasteiger partial charge in [0.15, 0.2) is 0 Å². The van der Waals surface area contributed by atoms with E-state index in [0.717, 1.165) is 56.4 Å². The lowest BCUT2D eigenvalue weighted by atomic mass is 9.95. The second-order valence-electron chi connectivity index (χ2n) is 7.31. The van der Waals surface area contributed by atoms with Gasteiger partial charge in [-0.15, -0.1) is 0 Å². The molecule has 2 aliphatic rings. The molecule has 24 heavy (non-hydrogen) atoms. The monoisotopic (exact) mass is 350 g/mol. The van der Waals surface area contributed by atoms with Gasteiger partial charge in [-0.2, -0.15) is 0 Å². The lowest BCUT2D eigenvalue weighted by Gasteiger charge is -2.37. The normalized spacial score (nSPS) is 21.5. The van der Waals surface area contributed by atoms with Gasteiger partial charge in [-0.05, 0) is 49.1 Å². The van der Waals surface area contributed by atoms with Crippen LogP contribution in [-0.2, 0) is 11.2 Å². The molecule has 2 heterocycles. The van der Waals surface area contributed by atoms with Crippen molar-refractivity contribution in [2.75, 3.05) is 39.3 Å². The van der Waals surface area contributed by atoms with Gasteiger partial charge in [0, 0.05) is 31.2 Å². The highest BCUT2D eigenvalue weighted by Crippen LogP contribution is 2.30. The average Bonchev–Trinajstić information content (AvgIpc) is 2.59. The standard InChI is InChI=1S/C19H27ClN2O2/c1-14(2)5-6-21-7-9-22(10-8-21)19(23)16-11-15-12-17(20)3-4-18(15)24-13-16/h3-4,12,14,16H,5-11,13H2,1-2H3. The summed E-state index contributed by atoms with van der Waals surface area (Å²) in [4.78, 5) is 17.3. The zero-order chi connectivity index (χ0) is 17.1. The smallest absolute Gasteiger partial charge is 0.229 e. The minimum absolute atomic E-state index is 0.0850. The van der Waals surface area contributed by atoms with Crippen LogP contribution in [0.4, 0.5) is 0 Å². The van der Waals surface area contributed by atoms with Crippen molar-refractivity contribution in [2.24, 2.45) is 11.8 Å². The third kappa shape index (κ3) is 4.22. The predicted octanol–water partition coefficient (Wildman–Crippen LogP) is 3.08. The number of amides is 1. The molecule has 5 heteroatoms. The van der Waals surface area contributed by atoms with Crippen molar-refractivity contribution in [3.63, 3.8) is 0 Å². The lowest BCUT2D eigenvalue weighted by molar-refractivity contribution is -0.138. The fraction of sp³-hybridized carbons (Fsp3) is 0.632. The van der Waals surface area contributed by atoms with E-state index in [0.29, 0.717) is 11.6 Å². The SMILES string of the molecule is CC(C)CCN1CCN(C(=O)C2COc3ccc(Cl)cc3C2)CC1. The van der Waals surface area contributed by atoms with Gasteiger partial charge in [0.25, 0.3) is 0 Å². The van der Waals surface area contributed by atoms with E-state index in [4.69, 9.17) is 16.3 Å². The topological polar surface area (TPSA) is 32.8 Å². The predicted molar refractivity (Wildman–Crippen MR) is 96.6 cm³/mol. The quantitative estimate of drug-likeness (QED) is 0.836. The van der Waals surface area contributed by atoms with E-state index in [-0.39, 0.29) is 11.8 Å². The van der Waals surface area contributed by atoms with Crippen LogP contribution in [-0.4, -0.2) is 55.0 Å². The van der Waals surface area contributed by atoms with E-state index >= 15 is 0 Å². The first-order chi connectivity index (χ1) is 11.5. The Labute approximate surface area is 149 Å². The van der Waals surface area contributed by atoms with Crippen molar-refractivity contribution in [2.45, 2.75) is 26.7 Å². The Morgan fingerprint density at radius 1 is 1.29 bits per heavy atom. The summed E-state index contributed by atoms with van der Waals surface area (Å²) in [5.74, 6) is 1.74. The molecule has 1 aromatic carbocycles. The van der Waals surface area contributed by atoms with Gasteiger partial charge < -0.3 is 9.64 Å². The Morgan fingerprint density at radius 3 is 2.75 bits per heavy atom. The van der Waals surface area contributed by atoms with Crippen molar-refractivity contribution in [3.05, 3.63) is 28.8 Å². The number of hydrogen-bond donors (Lipinski definition) is 0. The minimum Gasteiger partial charge on any atom is -0.492 e. The van der Waals surface area contributed by atoms with Crippen LogP contribution < -0.4 is 4.74 Å². The maximum Gasteiger partial charge on any atom is 0.229 e. The zero-order valence-electron chi connectivity index (χ0n) is 14.6. The number of benzene rings is 1. The Kier molecular flexibility index (Phi) is 5.67. The Hall–Kier alpha value is -1.26. The largest absolute Gasteiger partial charge is 0.492 e. The molecular formula is C19H27ClN2O2. The van der Waals surface area contributed by atoms with Gasteiger partial charge in [0.2, 0.25) is 5.91 Å². The van der Waals surface area contributed by atoms with E-state index in [1.54, 1.807) is 0 Å². The second kappa shape index (κ2) is 7.75. The molecule has 1 amide bonds. The maximum absolute atomic E-state index is 12.8. The number of ether oxygens (including phenoxy) is 1. The summed E-state index contributed by atoms with van der Waals surface area (Å²) < 4.78 is 5.77. The third-order valence-electron chi connectivity index (χ3n) is 4.98. The summed E-state index contributed by atoms with van der Waals surface area (Å²) in [6, 6.07) is 5.64. The summed E-state index contributed by atoms with van der Waals surface area (Å²) in [6.45, 7) is 9.74. The maximum atomic E-state index is 12.8. The van der Waals surface area contributed by atoms with Crippen molar-refractivity contribution in [1.82, 2.24) is 9.80 Å². The van der Waals surface area contributed by atoms with Crippen molar-refractivity contribution in [3.8, 4) is 5.75 Å². The van der Waals surface area contributed by atoms with Crippen molar-refractivity contribution >= 4 is 17.5 Å². The average molecular weight is 351 g/mol. The van der Waals surface area contributed by atoms with E-state index in [1.165, 1.54) is 6.42 Å². The summed E-state index contributed by atoms with van der Waals surface area (Å²) in [6.07, 6.45) is 1.95. The van der Waals surface area contributed by atoms with Gasteiger partial charge in [-0.1, -0.05) is 25.4 Å². The number of hydrogen-bond acceptors (Lipinski definition) is 3. The van der Waals surface area contributed by atoms with Crippen LogP contribution in [0.2, 0.25) is 5.02 Å². The number of carbonyl (C=O) groups is 1. The van der Waals surface area contributed by atoms with Gasteiger partial charge in [-0.25, -0.2) is 0 Å². The fourth-order valence-corrected chi connectivity index (χ4v) is 3.61.